The lowest BCUT2D eigenvalue weighted by atomic mass is 10.1. The molecule has 0 fully saturated rings. The van der Waals surface area contributed by atoms with Crippen LogP contribution in [0.4, 0.5) is 0 Å². The van der Waals surface area contributed by atoms with Gasteiger partial charge in [0.05, 0.1) is 7.11 Å². The molecule has 2 aromatic rings. The van der Waals surface area contributed by atoms with Crippen molar-refractivity contribution in [3.8, 4) is 5.75 Å². The topological polar surface area (TPSA) is 14.2 Å². The van der Waals surface area contributed by atoms with Crippen molar-refractivity contribution in [1.29, 1.82) is 0 Å². The van der Waals surface area contributed by atoms with Crippen molar-refractivity contribution in [1.82, 2.24) is 4.57 Å². The molecular formula is C13H15NO. The summed E-state index contributed by atoms with van der Waals surface area (Å²) in [4.78, 5) is 0. The van der Waals surface area contributed by atoms with E-state index in [1.54, 1.807) is 7.11 Å². The van der Waals surface area contributed by atoms with Crippen LogP contribution in [0, 0.1) is 0 Å². The number of ether oxygens (including phenoxy) is 1. The van der Waals surface area contributed by atoms with E-state index in [2.05, 4.69) is 23.7 Å². The van der Waals surface area contributed by atoms with Gasteiger partial charge in [-0.25, -0.2) is 0 Å². The lowest BCUT2D eigenvalue weighted by Crippen LogP contribution is -1.93. The maximum absolute atomic E-state index is 5.28. The van der Waals surface area contributed by atoms with Crippen LogP contribution in [-0.2, 0) is 19.9 Å². The maximum atomic E-state index is 5.28. The zero-order valence-corrected chi connectivity index (χ0v) is 9.21. The van der Waals surface area contributed by atoms with E-state index >= 15 is 0 Å². The smallest absolute Gasteiger partial charge is 0.119 e. The van der Waals surface area contributed by atoms with E-state index < -0.39 is 0 Å². The third-order valence-corrected chi connectivity index (χ3v) is 3.48. The number of benzene rings is 1. The van der Waals surface area contributed by atoms with Gasteiger partial charge in [-0.3, -0.25) is 0 Å². The molecule has 0 unspecified atom stereocenters. The zero-order chi connectivity index (χ0) is 10.4. The third-order valence-electron chi connectivity index (χ3n) is 3.48. The molecule has 78 valence electrons. The van der Waals surface area contributed by atoms with Gasteiger partial charge in [0.25, 0.3) is 0 Å². The fourth-order valence-corrected chi connectivity index (χ4v) is 2.71. The summed E-state index contributed by atoms with van der Waals surface area (Å²) in [5.41, 5.74) is 4.38. The van der Waals surface area contributed by atoms with Gasteiger partial charge in [0.1, 0.15) is 5.75 Å². The Labute approximate surface area is 89.5 Å². The number of fused-ring (bicyclic) bond motifs is 3. The van der Waals surface area contributed by atoms with Gasteiger partial charge in [0.15, 0.2) is 0 Å². The van der Waals surface area contributed by atoms with Crippen LogP contribution in [-0.4, -0.2) is 11.7 Å². The van der Waals surface area contributed by atoms with Crippen molar-refractivity contribution < 1.29 is 4.74 Å². The first-order valence-corrected chi connectivity index (χ1v) is 5.45. The number of hydrogen-bond acceptors (Lipinski definition) is 1. The number of hydrogen-bond donors (Lipinski definition) is 0. The highest BCUT2D eigenvalue weighted by molar-refractivity contribution is 5.87. The van der Waals surface area contributed by atoms with Crippen LogP contribution >= 0.6 is 0 Å². The quantitative estimate of drug-likeness (QED) is 0.692. The Morgan fingerprint density at radius 2 is 2.13 bits per heavy atom. The molecule has 0 bridgehead atoms. The number of rotatable bonds is 1. The minimum Gasteiger partial charge on any atom is -0.497 e. The summed E-state index contributed by atoms with van der Waals surface area (Å²) in [5, 5.41) is 1.38. The fraction of sp³-hybridized carbons (Fsp3) is 0.385. The van der Waals surface area contributed by atoms with E-state index in [0.717, 1.165) is 5.75 Å². The Hall–Kier alpha value is -1.44. The molecule has 1 aromatic heterocycles. The summed E-state index contributed by atoms with van der Waals surface area (Å²) in [5.74, 6) is 0.961. The van der Waals surface area contributed by atoms with Crippen molar-refractivity contribution in [2.24, 2.45) is 7.05 Å². The predicted octanol–water partition coefficient (Wildman–Crippen LogP) is 2.68. The zero-order valence-electron chi connectivity index (χ0n) is 9.21. The molecule has 0 saturated carbocycles. The van der Waals surface area contributed by atoms with Crippen LogP contribution < -0.4 is 4.74 Å². The Bertz CT molecular complexity index is 525. The average molecular weight is 201 g/mol. The van der Waals surface area contributed by atoms with Crippen molar-refractivity contribution in [2.45, 2.75) is 19.3 Å². The monoisotopic (exact) mass is 201 g/mol. The van der Waals surface area contributed by atoms with Crippen LogP contribution in [0.15, 0.2) is 18.2 Å². The van der Waals surface area contributed by atoms with E-state index in [4.69, 9.17) is 4.74 Å². The molecule has 0 spiro atoms. The summed E-state index contributed by atoms with van der Waals surface area (Å²) in [6.07, 6.45) is 3.74. The lowest BCUT2D eigenvalue weighted by Gasteiger charge is -2.02. The van der Waals surface area contributed by atoms with E-state index in [1.807, 2.05) is 6.07 Å². The summed E-state index contributed by atoms with van der Waals surface area (Å²) in [6, 6.07) is 6.36. The molecule has 1 aliphatic rings. The van der Waals surface area contributed by atoms with Crippen molar-refractivity contribution in [3.05, 3.63) is 29.5 Å². The lowest BCUT2D eigenvalue weighted by molar-refractivity contribution is 0.415. The normalized spacial score (nSPS) is 14.5. The second-order valence-electron chi connectivity index (χ2n) is 4.22. The molecule has 0 atom stereocenters. The highest BCUT2D eigenvalue weighted by Gasteiger charge is 2.19. The highest BCUT2D eigenvalue weighted by Crippen LogP contribution is 2.34. The van der Waals surface area contributed by atoms with Crippen LogP contribution in [0.3, 0.4) is 0 Å². The molecule has 1 heterocycles. The highest BCUT2D eigenvalue weighted by atomic mass is 16.5. The van der Waals surface area contributed by atoms with Gasteiger partial charge in [-0.1, -0.05) is 0 Å². The van der Waals surface area contributed by atoms with E-state index in [1.165, 1.54) is 41.4 Å². The fourth-order valence-electron chi connectivity index (χ4n) is 2.71. The largest absolute Gasteiger partial charge is 0.497 e. The van der Waals surface area contributed by atoms with Crippen LogP contribution in [0.25, 0.3) is 10.9 Å². The summed E-state index contributed by atoms with van der Waals surface area (Å²) in [6.45, 7) is 0. The minimum absolute atomic E-state index is 0.961. The number of nitrogens with zero attached hydrogens (tertiary/aromatic N) is 1. The average Bonchev–Trinajstić information content (AvgIpc) is 2.83. The molecule has 1 aromatic carbocycles. The maximum Gasteiger partial charge on any atom is 0.119 e. The number of methoxy groups -OCH3 is 1. The van der Waals surface area contributed by atoms with Crippen molar-refractivity contribution in [3.63, 3.8) is 0 Å². The molecule has 0 radical (unpaired) electrons. The van der Waals surface area contributed by atoms with Gasteiger partial charge in [-0.2, -0.15) is 0 Å². The molecule has 0 N–H and O–H groups in total. The molecule has 0 saturated heterocycles. The van der Waals surface area contributed by atoms with Crippen molar-refractivity contribution in [2.75, 3.05) is 7.11 Å². The van der Waals surface area contributed by atoms with Crippen LogP contribution in [0.2, 0.25) is 0 Å². The molecule has 2 heteroatoms. The van der Waals surface area contributed by atoms with E-state index in [0.29, 0.717) is 0 Å². The van der Waals surface area contributed by atoms with Crippen LogP contribution in [0.1, 0.15) is 17.7 Å². The first-order chi connectivity index (χ1) is 7.31. The van der Waals surface area contributed by atoms with Gasteiger partial charge in [-0.05, 0) is 43.0 Å². The molecular weight excluding hydrogens is 186 g/mol. The molecule has 3 rings (SSSR count). The van der Waals surface area contributed by atoms with Gasteiger partial charge in [0.2, 0.25) is 0 Å². The standard InChI is InChI=1S/C13H15NO/c1-14-12-5-3-4-10(12)11-8-9(15-2)6-7-13(11)14/h6-8H,3-5H2,1-2H3. The second kappa shape index (κ2) is 3.02. The van der Waals surface area contributed by atoms with Gasteiger partial charge in [-0.15, -0.1) is 0 Å². The Kier molecular flexibility index (Phi) is 1.78. The molecule has 0 amide bonds. The summed E-state index contributed by atoms with van der Waals surface area (Å²) >= 11 is 0. The molecule has 2 nitrogen and oxygen atoms in total. The number of aryl methyl sites for hydroxylation is 2. The molecule has 0 aliphatic heterocycles. The first kappa shape index (κ1) is 8.84. The van der Waals surface area contributed by atoms with Gasteiger partial charge in [0, 0.05) is 23.6 Å². The Morgan fingerprint density at radius 3 is 2.93 bits per heavy atom. The molecule has 15 heavy (non-hydrogen) atoms. The number of aromatic nitrogens is 1. The van der Waals surface area contributed by atoms with E-state index in [-0.39, 0.29) is 0 Å². The minimum atomic E-state index is 0.961. The second-order valence-corrected chi connectivity index (χ2v) is 4.22. The van der Waals surface area contributed by atoms with E-state index in [9.17, 15) is 0 Å². The molecule has 1 aliphatic carbocycles. The SMILES string of the molecule is COc1ccc2c(c1)c1c(n2C)CCC1. The Morgan fingerprint density at radius 1 is 1.27 bits per heavy atom. The summed E-state index contributed by atoms with van der Waals surface area (Å²) in [7, 11) is 3.89. The Balaban J connectivity index is 2.35. The van der Waals surface area contributed by atoms with Crippen molar-refractivity contribution >= 4 is 10.9 Å². The predicted molar refractivity (Wildman–Crippen MR) is 61.5 cm³/mol. The summed E-state index contributed by atoms with van der Waals surface area (Å²) < 4.78 is 7.61. The van der Waals surface area contributed by atoms with Gasteiger partial charge >= 0.3 is 0 Å². The first-order valence-electron chi connectivity index (χ1n) is 5.45. The van der Waals surface area contributed by atoms with Gasteiger partial charge < -0.3 is 9.30 Å². The third kappa shape index (κ3) is 1.11. The van der Waals surface area contributed by atoms with Crippen LogP contribution in [0.5, 0.6) is 5.75 Å².